The SMILES string of the molecule is CC(/C=C/C=C(\C)C/C=C1\[C@@H](C)CCCC1(C)C)=C\C=C\C=C(C)\C=C\C=C(/C)[C@H]1C=C2C(C)(C)CCC[C@@]2(C)O1. The highest BCUT2D eigenvalue weighted by Crippen LogP contribution is 2.52. The predicted molar refractivity (Wildman–Crippen MR) is 181 cm³/mol. The van der Waals surface area contributed by atoms with Gasteiger partial charge in [-0.05, 0) is 107 Å². The summed E-state index contributed by atoms with van der Waals surface area (Å²) in [7, 11) is 0. The second-order valence-electron chi connectivity index (χ2n) is 14.5. The van der Waals surface area contributed by atoms with Gasteiger partial charge in [-0.2, -0.15) is 0 Å². The molecule has 2 aliphatic carbocycles. The molecule has 3 atom stereocenters. The first-order valence-corrected chi connectivity index (χ1v) is 16.1. The fraction of sp³-hybridized carbons (Fsp3) is 0.550. The van der Waals surface area contributed by atoms with E-state index in [0.29, 0.717) is 5.41 Å². The largest absolute Gasteiger partial charge is 0.359 e. The maximum absolute atomic E-state index is 6.56. The van der Waals surface area contributed by atoms with Gasteiger partial charge < -0.3 is 4.74 Å². The molecule has 1 nitrogen and oxygen atoms in total. The topological polar surface area (TPSA) is 9.23 Å². The van der Waals surface area contributed by atoms with Crippen molar-refractivity contribution in [1.82, 2.24) is 0 Å². The van der Waals surface area contributed by atoms with Crippen LogP contribution >= 0.6 is 0 Å². The van der Waals surface area contributed by atoms with Crippen LogP contribution in [0, 0.1) is 16.7 Å². The second-order valence-corrected chi connectivity index (χ2v) is 14.5. The third kappa shape index (κ3) is 9.31. The molecule has 41 heavy (non-hydrogen) atoms. The summed E-state index contributed by atoms with van der Waals surface area (Å²) in [6, 6.07) is 0. The van der Waals surface area contributed by atoms with E-state index < -0.39 is 0 Å². The van der Waals surface area contributed by atoms with Crippen LogP contribution in [0.5, 0.6) is 0 Å². The normalized spacial score (nSPS) is 30.6. The van der Waals surface area contributed by atoms with Gasteiger partial charge in [0.15, 0.2) is 0 Å². The monoisotopic (exact) mass is 554 g/mol. The molecule has 224 valence electrons. The van der Waals surface area contributed by atoms with Gasteiger partial charge in [-0.15, -0.1) is 0 Å². The van der Waals surface area contributed by atoms with E-state index in [-0.39, 0.29) is 17.1 Å². The van der Waals surface area contributed by atoms with E-state index >= 15 is 0 Å². The molecule has 0 N–H and O–H groups in total. The molecule has 0 spiro atoms. The highest BCUT2D eigenvalue weighted by molar-refractivity contribution is 5.37. The fourth-order valence-electron chi connectivity index (χ4n) is 7.04. The van der Waals surface area contributed by atoms with Crippen molar-refractivity contribution in [3.63, 3.8) is 0 Å². The lowest BCUT2D eigenvalue weighted by molar-refractivity contribution is -0.0307. The Kier molecular flexibility index (Phi) is 11.5. The number of allylic oxidation sites excluding steroid dienone is 15. The molecule has 0 radical (unpaired) electrons. The lowest BCUT2D eigenvalue weighted by atomic mass is 9.67. The zero-order chi connectivity index (χ0) is 30.3. The van der Waals surface area contributed by atoms with Crippen LogP contribution in [0.4, 0.5) is 0 Å². The minimum absolute atomic E-state index is 0.0887. The number of rotatable bonds is 9. The average molecular weight is 555 g/mol. The van der Waals surface area contributed by atoms with E-state index in [1.54, 1.807) is 5.57 Å². The molecule has 2 saturated carbocycles. The minimum Gasteiger partial charge on any atom is -0.359 e. The standard InChI is InChI=1S/C40H58O/c1-30(19-13-20-32(3)24-25-35-33(4)23-15-26-38(35,6)7)17-11-12-18-31(2)21-14-22-34(5)36-29-37-39(8,9)27-16-28-40(37,10)41-36/h11-14,17-22,25,29,33,36H,15-16,23-24,26-28H2,1-10H3/b12-11+,19-13+,21-14+,30-17+,31-18+,32-20+,34-22+,35-25+/t33-,36+,40+/m0/s1. The van der Waals surface area contributed by atoms with E-state index in [2.05, 4.69) is 142 Å². The van der Waals surface area contributed by atoms with E-state index in [1.165, 1.54) is 60.0 Å². The number of hydrogen-bond acceptors (Lipinski definition) is 1. The zero-order valence-electron chi connectivity index (χ0n) is 27.9. The lowest BCUT2D eigenvalue weighted by Gasteiger charge is -2.42. The van der Waals surface area contributed by atoms with Gasteiger partial charge >= 0.3 is 0 Å². The molecular weight excluding hydrogens is 496 g/mol. The van der Waals surface area contributed by atoms with Crippen LogP contribution < -0.4 is 0 Å². The Bertz CT molecular complexity index is 1200. The quantitative estimate of drug-likeness (QED) is 0.203. The Hall–Kier alpha value is -2.38. The number of fused-ring (bicyclic) bond motifs is 1. The van der Waals surface area contributed by atoms with Crippen molar-refractivity contribution in [2.24, 2.45) is 16.7 Å². The molecule has 0 aromatic rings. The van der Waals surface area contributed by atoms with Crippen LogP contribution in [0.15, 0.2) is 106 Å². The minimum atomic E-state index is -0.0929. The van der Waals surface area contributed by atoms with E-state index in [0.717, 1.165) is 18.8 Å². The molecule has 0 amide bonds. The Morgan fingerprint density at radius 1 is 0.780 bits per heavy atom. The van der Waals surface area contributed by atoms with Gasteiger partial charge in [0, 0.05) is 0 Å². The first kappa shape index (κ1) is 33.1. The molecule has 1 aliphatic heterocycles. The third-order valence-corrected chi connectivity index (χ3v) is 9.59. The summed E-state index contributed by atoms with van der Waals surface area (Å²) in [4.78, 5) is 0. The van der Waals surface area contributed by atoms with Crippen molar-refractivity contribution in [2.75, 3.05) is 0 Å². The van der Waals surface area contributed by atoms with Crippen LogP contribution in [-0.4, -0.2) is 11.7 Å². The van der Waals surface area contributed by atoms with Gasteiger partial charge in [-0.1, -0.05) is 130 Å². The Balaban J connectivity index is 1.49. The van der Waals surface area contributed by atoms with Crippen LogP contribution in [0.3, 0.4) is 0 Å². The van der Waals surface area contributed by atoms with Crippen LogP contribution in [0.1, 0.15) is 114 Å². The molecule has 0 aromatic heterocycles. The van der Waals surface area contributed by atoms with E-state index in [9.17, 15) is 0 Å². The molecule has 3 rings (SSSR count). The van der Waals surface area contributed by atoms with Crippen LogP contribution in [-0.2, 0) is 4.74 Å². The molecule has 0 saturated heterocycles. The first-order chi connectivity index (χ1) is 19.2. The molecule has 1 heteroatoms. The summed E-state index contributed by atoms with van der Waals surface area (Å²) in [5.74, 6) is 0.720. The molecule has 3 aliphatic rings. The zero-order valence-corrected chi connectivity index (χ0v) is 27.9. The van der Waals surface area contributed by atoms with Gasteiger partial charge in [0.05, 0.1) is 11.7 Å². The Morgan fingerprint density at radius 3 is 2.00 bits per heavy atom. The lowest BCUT2D eigenvalue weighted by Crippen LogP contribution is -2.39. The highest BCUT2D eigenvalue weighted by Gasteiger charge is 2.47. The smallest absolute Gasteiger partial charge is 0.0982 e. The molecule has 1 heterocycles. The van der Waals surface area contributed by atoms with Crippen molar-refractivity contribution >= 4 is 0 Å². The fourth-order valence-corrected chi connectivity index (χ4v) is 7.04. The maximum Gasteiger partial charge on any atom is 0.0982 e. The van der Waals surface area contributed by atoms with Gasteiger partial charge in [-0.3, -0.25) is 0 Å². The van der Waals surface area contributed by atoms with Crippen LogP contribution in [0.2, 0.25) is 0 Å². The van der Waals surface area contributed by atoms with Crippen molar-refractivity contribution in [3.05, 3.63) is 106 Å². The average Bonchev–Trinajstić information content (AvgIpc) is 3.25. The van der Waals surface area contributed by atoms with Gasteiger partial charge in [-0.25, -0.2) is 0 Å². The summed E-state index contributed by atoms with van der Waals surface area (Å²) >= 11 is 0. The molecule has 2 fully saturated rings. The van der Waals surface area contributed by atoms with Crippen molar-refractivity contribution in [2.45, 2.75) is 126 Å². The Morgan fingerprint density at radius 2 is 1.39 bits per heavy atom. The maximum atomic E-state index is 6.56. The summed E-state index contributed by atoms with van der Waals surface area (Å²) in [5, 5.41) is 0. The van der Waals surface area contributed by atoms with Gasteiger partial charge in [0.2, 0.25) is 0 Å². The highest BCUT2D eigenvalue weighted by atomic mass is 16.5. The summed E-state index contributed by atoms with van der Waals surface area (Å²) in [5.41, 5.74) is 8.80. The number of hydrogen-bond donors (Lipinski definition) is 0. The van der Waals surface area contributed by atoms with E-state index in [4.69, 9.17) is 4.74 Å². The van der Waals surface area contributed by atoms with Crippen molar-refractivity contribution in [3.8, 4) is 0 Å². The Labute approximate surface area is 253 Å². The summed E-state index contributed by atoms with van der Waals surface area (Å²) in [6.45, 7) is 23.0. The molecule has 0 unspecified atom stereocenters. The molecular formula is C40H58O. The van der Waals surface area contributed by atoms with E-state index in [1.807, 2.05) is 0 Å². The summed E-state index contributed by atoms with van der Waals surface area (Å²) < 4.78 is 6.56. The predicted octanol–water partition coefficient (Wildman–Crippen LogP) is 11.9. The van der Waals surface area contributed by atoms with Gasteiger partial charge in [0.25, 0.3) is 0 Å². The summed E-state index contributed by atoms with van der Waals surface area (Å²) in [6.07, 6.45) is 35.4. The number of ether oxygens (including phenoxy) is 1. The second kappa shape index (κ2) is 14.2. The van der Waals surface area contributed by atoms with Gasteiger partial charge in [0.1, 0.15) is 0 Å². The van der Waals surface area contributed by atoms with Crippen molar-refractivity contribution in [1.29, 1.82) is 0 Å². The third-order valence-electron chi connectivity index (χ3n) is 9.59. The molecule has 0 bridgehead atoms. The van der Waals surface area contributed by atoms with Crippen LogP contribution in [0.25, 0.3) is 0 Å². The molecule has 0 aromatic carbocycles. The van der Waals surface area contributed by atoms with Crippen molar-refractivity contribution < 1.29 is 4.74 Å². The first-order valence-electron chi connectivity index (χ1n) is 16.1.